The van der Waals surface area contributed by atoms with Gasteiger partial charge in [-0.25, -0.2) is 0 Å². The topological polar surface area (TPSA) is 47.3 Å². The second kappa shape index (κ2) is 7.30. The molecule has 80 valence electrons. The Morgan fingerprint density at radius 1 is 1.38 bits per heavy atom. The Hall–Kier alpha value is -0.120. The van der Waals surface area contributed by atoms with E-state index in [1.807, 2.05) is 0 Å². The van der Waals surface area contributed by atoms with Gasteiger partial charge in [0.1, 0.15) is 0 Å². The molecule has 0 aliphatic carbocycles. The Kier molecular flexibility index (Phi) is 7.23. The van der Waals surface area contributed by atoms with E-state index in [0.717, 1.165) is 6.42 Å². The third kappa shape index (κ3) is 4.60. The van der Waals surface area contributed by atoms with Crippen LogP contribution in [0.5, 0.6) is 0 Å². The van der Waals surface area contributed by atoms with Crippen molar-refractivity contribution >= 4 is 0 Å². The number of rotatable bonds is 7. The van der Waals surface area contributed by atoms with Crippen LogP contribution in [0.4, 0.5) is 0 Å². The minimum absolute atomic E-state index is 0.219. The number of nitrogens with one attached hydrogen (secondary N) is 1. The van der Waals surface area contributed by atoms with Crippen molar-refractivity contribution in [3.05, 3.63) is 0 Å². The van der Waals surface area contributed by atoms with Gasteiger partial charge in [-0.15, -0.1) is 0 Å². The SMILES string of the molecule is CCCCC(NN)C(OC)C(C)C. The number of methoxy groups -OCH3 is 1. The third-order valence-corrected chi connectivity index (χ3v) is 2.41. The zero-order chi connectivity index (χ0) is 10.3. The first-order chi connectivity index (χ1) is 6.17. The summed E-state index contributed by atoms with van der Waals surface area (Å²) in [7, 11) is 1.75. The fraction of sp³-hybridized carbons (Fsp3) is 1.00. The van der Waals surface area contributed by atoms with E-state index in [4.69, 9.17) is 10.6 Å². The number of nitrogens with two attached hydrogens (primary N) is 1. The summed E-state index contributed by atoms with van der Waals surface area (Å²) in [6.45, 7) is 6.50. The second-order valence-corrected chi connectivity index (χ2v) is 3.86. The largest absolute Gasteiger partial charge is 0.380 e. The van der Waals surface area contributed by atoms with E-state index in [1.165, 1.54) is 12.8 Å². The summed E-state index contributed by atoms with van der Waals surface area (Å²) in [5.41, 5.74) is 2.84. The summed E-state index contributed by atoms with van der Waals surface area (Å²) >= 11 is 0. The lowest BCUT2D eigenvalue weighted by atomic mass is 9.96. The average molecular weight is 188 g/mol. The van der Waals surface area contributed by atoms with Crippen LogP contribution in [0.3, 0.4) is 0 Å². The minimum atomic E-state index is 0.219. The first-order valence-electron chi connectivity index (χ1n) is 5.16. The van der Waals surface area contributed by atoms with E-state index in [-0.39, 0.29) is 12.1 Å². The molecule has 0 rings (SSSR count). The molecule has 0 fully saturated rings. The van der Waals surface area contributed by atoms with Gasteiger partial charge in [-0.3, -0.25) is 11.3 Å². The molecule has 0 saturated carbocycles. The summed E-state index contributed by atoms with van der Waals surface area (Å²) in [5, 5.41) is 0. The molecule has 0 aliphatic rings. The van der Waals surface area contributed by atoms with Crippen molar-refractivity contribution in [2.75, 3.05) is 7.11 Å². The van der Waals surface area contributed by atoms with Crippen molar-refractivity contribution in [1.29, 1.82) is 0 Å². The highest BCUT2D eigenvalue weighted by Gasteiger charge is 2.22. The molecule has 0 radical (unpaired) electrons. The van der Waals surface area contributed by atoms with Crippen LogP contribution in [0, 0.1) is 5.92 Å². The van der Waals surface area contributed by atoms with Crippen molar-refractivity contribution in [2.24, 2.45) is 11.8 Å². The van der Waals surface area contributed by atoms with Gasteiger partial charge >= 0.3 is 0 Å². The molecule has 13 heavy (non-hydrogen) atoms. The maximum Gasteiger partial charge on any atom is 0.0760 e. The molecule has 0 amide bonds. The monoisotopic (exact) mass is 188 g/mol. The summed E-state index contributed by atoms with van der Waals surface area (Å²) in [6, 6.07) is 0.282. The highest BCUT2D eigenvalue weighted by Crippen LogP contribution is 2.14. The Morgan fingerprint density at radius 3 is 2.31 bits per heavy atom. The van der Waals surface area contributed by atoms with Gasteiger partial charge in [-0.05, 0) is 12.3 Å². The maximum absolute atomic E-state index is 5.50. The van der Waals surface area contributed by atoms with Crippen molar-refractivity contribution in [1.82, 2.24) is 5.43 Å². The first kappa shape index (κ1) is 12.9. The molecule has 0 aromatic rings. The zero-order valence-corrected chi connectivity index (χ0v) is 9.34. The zero-order valence-electron chi connectivity index (χ0n) is 9.34. The van der Waals surface area contributed by atoms with E-state index >= 15 is 0 Å². The van der Waals surface area contributed by atoms with Crippen molar-refractivity contribution in [2.45, 2.75) is 52.2 Å². The quantitative estimate of drug-likeness (QED) is 0.472. The molecular formula is C10H24N2O. The molecule has 0 bridgehead atoms. The van der Waals surface area contributed by atoms with Crippen LogP contribution in [0.2, 0.25) is 0 Å². The molecule has 0 aromatic heterocycles. The molecule has 3 nitrogen and oxygen atoms in total. The minimum Gasteiger partial charge on any atom is -0.380 e. The van der Waals surface area contributed by atoms with Crippen molar-refractivity contribution in [3.8, 4) is 0 Å². The van der Waals surface area contributed by atoms with Gasteiger partial charge in [0.15, 0.2) is 0 Å². The van der Waals surface area contributed by atoms with Gasteiger partial charge in [-0.1, -0.05) is 33.6 Å². The lowest BCUT2D eigenvalue weighted by Crippen LogP contribution is -2.47. The molecule has 2 unspecified atom stereocenters. The van der Waals surface area contributed by atoms with Gasteiger partial charge in [0.05, 0.1) is 6.10 Å². The van der Waals surface area contributed by atoms with Gasteiger partial charge in [0.25, 0.3) is 0 Å². The summed E-state index contributed by atoms with van der Waals surface area (Å²) in [5.74, 6) is 6.00. The highest BCUT2D eigenvalue weighted by molar-refractivity contribution is 4.77. The molecule has 2 atom stereocenters. The normalized spacial score (nSPS) is 16.2. The highest BCUT2D eigenvalue weighted by atomic mass is 16.5. The second-order valence-electron chi connectivity index (χ2n) is 3.86. The molecule has 0 spiro atoms. The van der Waals surface area contributed by atoms with Crippen LogP contribution >= 0.6 is 0 Å². The molecule has 3 heteroatoms. The van der Waals surface area contributed by atoms with E-state index < -0.39 is 0 Å². The van der Waals surface area contributed by atoms with Gasteiger partial charge in [0, 0.05) is 13.2 Å². The Labute approximate surface area is 82.0 Å². The number of hydrogen-bond donors (Lipinski definition) is 2. The van der Waals surface area contributed by atoms with E-state index in [1.54, 1.807) is 7.11 Å². The molecule has 0 saturated heterocycles. The van der Waals surface area contributed by atoms with Crippen LogP contribution < -0.4 is 11.3 Å². The smallest absolute Gasteiger partial charge is 0.0760 e. The molecule has 0 aromatic carbocycles. The average Bonchev–Trinajstić information content (AvgIpc) is 2.11. The van der Waals surface area contributed by atoms with Crippen LogP contribution in [0.15, 0.2) is 0 Å². The van der Waals surface area contributed by atoms with Crippen LogP contribution in [0.1, 0.15) is 40.0 Å². The first-order valence-corrected chi connectivity index (χ1v) is 5.16. The van der Waals surface area contributed by atoms with Crippen LogP contribution in [-0.4, -0.2) is 19.3 Å². The lowest BCUT2D eigenvalue weighted by Gasteiger charge is -2.28. The molecule has 0 aliphatic heterocycles. The fourth-order valence-corrected chi connectivity index (χ4v) is 1.67. The Balaban J connectivity index is 4.00. The summed E-state index contributed by atoms with van der Waals surface area (Å²) in [4.78, 5) is 0. The molecular weight excluding hydrogens is 164 g/mol. The van der Waals surface area contributed by atoms with Crippen molar-refractivity contribution < 1.29 is 4.74 Å². The Bertz CT molecular complexity index is 117. The van der Waals surface area contributed by atoms with E-state index in [0.29, 0.717) is 5.92 Å². The van der Waals surface area contributed by atoms with Crippen molar-refractivity contribution in [3.63, 3.8) is 0 Å². The van der Waals surface area contributed by atoms with Gasteiger partial charge in [0.2, 0.25) is 0 Å². The Morgan fingerprint density at radius 2 is 2.00 bits per heavy atom. The van der Waals surface area contributed by atoms with E-state index in [9.17, 15) is 0 Å². The number of ether oxygens (including phenoxy) is 1. The van der Waals surface area contributed by atoms with Gasteiger partial charge in [-0.2, -0.15) is 0 Å². The van der Waals surface area contributed by atoms with Crippen LogP contribution in [0.25, 0.3) is 0 Å². The maximum atomic E-state index is 5.50. The number of hydrazine groups is 1. The third-order valence-electron chi connectivity index (χ3n) is 2.41. The fourth-order valence-electron chi connectivity index (χ4n) is 1.67. The predicted molar refractivity (Wildman–Crippen MR) is 56.3 cm³/mol. The standard InChI is InChI=1S/C10H24N2O/c1-5-6-7-9(12-11)10(13-4)8(2)3/h8-10,12H,5-7,11H2,1-4H3. The number of unbranched alkanes of at least 4 members (excludes halogenated alkanes) is 1. The number of hydrogen-bond acceptors (Lipinski definition) is 3. The molecule has 3 N–H and O–H groups in total. The summed E-state index contributed by atoms with van der Waals surface area (Å²) < 4.78 is 5.42. The predicted octanol–water partition coefficient (Wildman–Crippen LogP) is 1.68. The van der Waals surface area contributed by atoms with E-state index in [2.05, 4.69) is 26.2 Å². The van der Waals surface area contributed by atoms with Crippen LogP contribution in [-0.2, 0) is 4.74 Å². The molecule has 0 heterocycles. The lowest BCUT2D eigenvalue weighted by molar-refractivity contribution is 0.0301. The summed E-state index contributed by atoms with van der Waals surface area (Å²) in [6.07, 6.45) is 3.70. The van der Waals surface area contributed by atoms with Gasteiger partial charge < -0.3 is 4.74 Å².